The van der Waals surface area contributed by atoms with Crippen molar-refractivity contribution >= 4 is 22.9 Å². The molecule has 0 saturated carbocycles. The second-order valence-corrected chi connectivity index (χ2v) is 7.75. The average molecular weight is 425 g/mol. The number of carbonyl (C=O) groups excluding carboxylic acids is 1. The topological polar surface area (TPSA) is 121 Å². The minimum absolute atomic E-state index is 0.305. The second-order valence-electron chi connectivity index (χ2n) is 7.75. The number of fused-ring (bicyclic) bond motifs is 2. The predicted molar refractivity (Wildman–Crippen MR) is 112 cm³/mol. The molecule has 0 spiro atoms. The van der Waals surface area contributed by atoms with Crippen LogP contribution in [0, 0.1) is 0 Å². The van der Waals surface area contributed by atoms with Crippen LogP contribution < -0.4 is 15.0 Å². The fourth-order valence-electron chi connectivity index (χ4n) is 4.03. The van der Waals surface area contributed by atoms with Crippen LogP contribution in [-0.2, 0) is 11.2 Å². The van der Waals surface area contributed by atoms with Crippen LogP contribution in [0.3, 0.4) is 0 Å². The van der Waals surface area contributed by atoms with Crippen LogP contribution in [0.1, 0.15) is 15.9 Å². The number of amides is 1. The number of morpholine rings is 1. The van der Waals surface area contributed by atoms with Gasteiger partial charge in [0.05, 0.1) is 44.0 Å². The van der Waals surface area contributed by atoms with Crippen molar-refractivity contribution in [2.75, 3.05) is 49.7 Å². The Kier molecular flexibility index (Phi) is 4.97. The van der Waals surface area contributed by atoms with Gasteiger partial charge in [-0.25, -0.2) is 9.50 Å². The number of nitrogens with zero attached hydrogens (tertiary/aromatic N) is 4. The van der Waals surface area contributed by atoms with E-state index in [1.807, 2.05) is 12.1 Å². The van der Waals surface area contributed by atoms with Gasteiger partial charge in [0, 0.05) is 43.5 Å². The zero-order valence-corrected chi connectivity index (χ0v) is 16.8. The lowest BCUT2D eigenvalue weighted by Crippen LogP contribution is -2.42. The lowest BCUT2D eigenvalue weighted by atomic mass is 9.98. The van der Waals surface area contributed by atoms with Crippen molar-refractivity contribution in [2.24, 2.45) is 0 Å². The Morgan fingerprint density at radius 1 is 1.23 bits per heavy atom. The van der Waals surface area contributed by atoms with Crippen LogP contribution in [0.5, 0.6) is 5.75 Å². The summed E-state index contributed by atoms with van der Waals surface area (Å²) in [5, 5.41) is 26.7. The summed E-state index contributed by atoms with van der Waals surface area (Å²) < 4.78 is 12.9. The van der Waals surface area contributed by atoms with E-state index in [9.17, 15) is 15.0 Å². The molecule has 0 atom stereocenters. The quantitative estimate of drug-likeness (QED) is 0.540. The molecule has 0 radical (unpaired) electrons. The molecule has 0 bridgehead atoms. The van der Waals surface area contributed by atoms with Crippen molar-refractivity contribution in [1.82, 2.24) is 14.6 Å². The molecule has 2 aliphatic heterocycles. The van der Waals surface area contributed by atoms with Crippen LogP contribution in [0.15, 0.2) is 36.8 Å². The maximum Gasteiger partial charge on any atom is 0.261 e. The van der Waals surface area contributed by atoms with E-state index in [-0.39, 0.29) is 19.1 Å². The molecule has 10 nitrogen and oxygen atoms in total. The van der Waals surface area contributed by atoms with Crippen LogP contribution in [0.2, 0.25) is 0 Å². The van der Waals surface area contributed by atoms with E-state index in [4.69, 9.17) is 9.47 Å². The Morgan fingerprint density at radius 3 is 2.81 bits per heavy atom. The number of aromatic nitrogens is 3. The zero-order valence-electron chi connectivity index (χ0n) is 16.8. The lowest BCUT2D eigenvalue weighted by molar-refractivity contribution is -0.0175. The van der Waals surface area contributed by atoms with Crippen molar-refractivity contribution in [3.05, 3.63) is 47.9 Å². The molecule has 162 valence electrons. The summed E-state index contributed by atoms with van der Waals surface area (Å²) in [4.78, 5) is 19.5. The first-order chi connectivity index (χ1) is 15.1. The van der Waals surface area contributed by atoms with Gasteiger partial charge in [0.2, 0.25) is 0 Å². The third-order valence-corrected chi connectivity index (χ3v) is 5.72. The number of aliphatic hydroxyl groups is 2. The molecule has 10 heteroatoms. The van der Waals surface area contributed by atoms with Crippen LogP contribution in [0.25, 0.3) is 5.65 Å². The van der Waals surface area contributed by atoms with Gasteiger partial charge >= 0.3 is 0 Å². The Bertz CT molecular complexity index is 1120. The zero-order chi connectivity index (χ0) is 21.4. The van der Waals surface area contributed by atoms with E-state index in [1.165, 1.54) is 6.20 Å². The molecule has 4 heterocycles. The summed E-state index contributed by atoms with van der Waals surface area (Å²) >= 11 is 0. The van der Waals surface area contributed by atoms with E-state index in [0.717, 1.165) is 11.3 Å². The second kappa shape index (κ2) is 7.80. The van der Waals surface area contributed by atoms with Crippen LogP contribution in [0.4, 0.5) is 11.4 Å². The first-order valence-corrected chi connectivity index (χ1v) is 10.1. The van der Waals surface area contributed by atoms with Gasteiger partial charge in [-0.15, -0.1) is 0 Å². The third-order valence-electron chi connectivity index (χ3n) is 5.72. The highest BCUT2D eigenvalue weighted by molar-refractivity contribution is 6.09. The Morgan fingerprint density at radius 2 is 2.03 bits per heavy atom. The normalized spacial score (nSPS) is 17.4. The molecule has 0 aliphatic carbocycles. The fourth-order valence-corrected chi connectivity index (χ4v) is 4.03. The molecule has 2 aliphatic rings. The molecule has 1 saturated heterocycles. The van der Waals surface area contributed by atoms with Gasteiger partial charge in [-0.1, -0.05) is 0 Å². The minimum Gasteiger partial charge on any atom is -0.482 e. The molecule has 3 N–H and O–H groups in total. The number of hydrogen-bond donors (Lipinski definition) is 3. The number of carbonyl (C=O) groups is 1. The largest absolute Gasteiger partial charge is 0.482 e. The van der Waals surface area contributed by atoms with E-state index in [1.54, 1.807) is 23.0 Å². The predicted octanol–water partition coefficient (Wildman–Crippen LogP) is 0.476. The van der Waals surface area contributed by atoms with Crippen molar-refractivity contribution in [3.63, 3.8) is 0 Å². The fraction of sp³-hybridized carbons (Fsp3) is 0.381. The van der Waals surface area contributed by atoms with E-state index >= 15 is 0 Å². The van der Waals surface area contributed by atoms with E-state index in [2.05, 4.69) is 20.3 Å². The molecule has 1 fully saturated rings. The van der Waals surface area contributed by atoms with Crippen molar-refractivity contribution < 1.29 is 24.5 Å². The number of aliphatic hydroxyl groups excluding tert-OH is 2. The highest BCUT2D eigenvalue weighted by atomic mass is 16.5. The first-order valence-electron chi connectivity index (χ1n) is 10.1. The summed E-state index contributed by atoms with van der Waals surface area (Å²) in [5.41, 5.74) is 2.01. The molecule has 2 aromatic heterocycles. The van der Waals surface area contributed by atoms with Gasteiger partial charge in [-0.3, -0.25) is 4.79 Å². The summed E-state index contributed by atoms with van der Waals surface area (Å²) in [6.45, 7) is 1.90. The standard InChI is InChI=1S/C21H23N5O5/c27-12-21(13-28)10-14-8-16(17(9-18(14)31-21)25-4-6-30-7-5-25)24-20(29)15-11-23-26-3-1-2-22-19(15)26/h1-3,8-9,11,27-28H,4-7,10,12-13H2,(H,24,29). The summed E-state index contributed by atoms with van der Waals surface area (Å²) in [6.07, 6.45) is 5.18. The molecule has 1 aromatic carbocycles. The van der Waals surface area contributed by atoms with Crippen LogP contribution >= 0.6 is 0 Å². The Hall–Kier alpha value is -3.21. The molecular formula is C21H23N5O5. The van der Waals surface area contributed by atoms with Crippen LogP contribution in [-0.4, -0.2) is 75.8 Å². The Labute approximate surface area is 178 Å². The van der Waals surface area contributed by atoms with Gasteiger partial charge in [0.15, 0.2) is 11.2 Å². The highest BCUT2D eigenvalue weighted by Gasteiger charge is 2.39. The lowest BCUT2D eigenvalue weighted by Gasteiger charge is -2.31. The van der Waals surface area contributed by atoms with Gasteiger partial charge in [0.1, 0.15) is 11.3 Å². The van der Waals surface area contributed by atoms with Gasteiger partial charge < -0.3 is 29.9 Å². The highest BCUT2D eigenvalue weighted by Crippen LogP contribution is 2.42. The van der Waals surface area contributed by atoms with Gasteiger partial charge in [0.25, 0.3) is 5.91 Å². The van der Waals surface area contributed by atoms with Crippen molar-refractivity contribution in [2.45, 2.75) is 12.0 Å². The van der Waals surface area contributed by atoms with Gasteiger partial charge in [-0.2, -0.15) is 5.10 Å². The molecule has 5 rings (SSSR count). The summed E-state index contributed by atoms with van der Waals surface area (Å²) in [5.74, 6) is 0.276. The number of ether oxygens (including phenoxy) is 2. The maximum absolute atomic E-state index is 13.1. The maximum atomic E-state index is 13.1. The number of anilines is 2. The number of benzene rings is 1. The first kappa shape index (κ1) is 19.7. The summed E-state index contributed by atoms with van der Waals surface area (Å²) in [6, 6.07) is 5.45. The SMILES string of the molecule is O=C(Nc1cc2c(cc1N1CCOCC1)OC(CO)(CO)C2)c1cnn2cccnc12. The van der Waals surface area contributed by atoms with Crippen molar-refractivity contribution in [1.29, 1.82) is 0 Å². The average Bonchev–Trinajstić information content (AvgIpc) is 3.40. The molecule has 3 aromatic rings. The third kappa shape index (κ3) is 3.48. The minimum atomic E-state index is -1.06. The monoisotopic (exact) mass is 425 g/mol. The number of nitrogens with one attached hydrogen (secondary N) is 1. The van der Waals surface area contributed by atoms with E-state index in [0.29, 0.717) is 55.4 Å². The summed E-state index contributed by atoms with van der Waals surface area (Å²) in [7, 11) is 0. The number of rotatable bonds is 5. The molecule has 1 amide bonds. The molecule has 0 unspecified atom stereocenters. The van der Waals surface area contributed by atoms with Crippen molar-refractivity contribution in [3.8, 4) is 5.75 Å². The Balaban J connectivity index is 1.51. The smallest absolute Gasteiger partial charge is 0.261 e. The van der Waals surface area contributed by atoms with E-state index < -0.39 is 5.60 Å². The molecule has 31 heavy (non-hydrogen) atoms. The van der Waals surface area contributed by atoms with Gasteiger partial charge in [-0.05, 0) is 12.1 Å². The molecular weight excluding hydrogens is 402 g/mol. The number of hydrogen-bond acceptors (Lipinski definition) is 8.